The summed E-state index contributed by atoms with van der Waals surface area (Å²) < 4.78 is 5.32. The van der Waals surface area contributed by atoms with E-state index in [-0.39, 0.29) is 12.4 Å². The summed E-state index contributed by atoms with van der Waals surface area (Å²) in [4.78, 5) is 2.61. The van der Waals surface area contributed by atoms with E-state index in [1.165, 1.54) is 30.5 Å². The van der Waals surface area contributed by atoms with E-state index in [2.05, 4.69) is 35.3 Å². The first kappa shape index (κ1) is 17.3. The van der Waals surface area contributed by atoms with E-state index in [9.17, 15) is 0 Å². The number of ether oxygens (including phenoxy) is 1. The van der Waals surface area contributed by atoms with E-state index >= 15 is 0 Å². The number of likely N-dealkylation sites (N-methyl/N-ethyl adjacent to an activating group) is 1. The topological polar surface area (TPSA) is 24.5 Å². The number of halogens is 1. The van der Waals surface area contributed by atoms with Gasteiger partial charge >= 0.3 is 0 Å². The maximum Gasteiger partial charge on any atom is 0.119 e. The van der Waals surface area contributed by atoms with Crippen molar-refractivity contribution in [3.63, 3.8) is 0 Å². The summed E-state index contributed by atoms with van der Waals surface area (Å²) in [6.45, 7) is 5.60. The molecule has 1 aromatic carbocycles. The molecule has 1 fully saturated rings. The van der Waals surface area contributed by atoms with Crippen LogP contribution in [0.1, 0.15) is 30.9 Å². The minimum atomic E-state index is 0. The molecule has 1 atom stereocenters. The van der Waals surface area contributed by atoms with Crippen LogP contribution in [0.25, 0.3) is 0 Å². The number of benzene rings is 1. The highest BCUT2D eigenvalue weighted by molar-refractivity contribution is 5.85. The average molecular weight is 299 g/mol. The molecule has 1 unspecified atom stereocenters. The van der Waals surface area contributed by atoms with Gasteiger partial charge in [0.15, 0.2) is 0 Å². The van der Waals surface area contributed by atoms with Crippen LogP contribution in [0.15, 0.2) is 18.2 Å². The predicted molar refractivity (Wildman–Crippen MR) is 87.0 cm³/mol. The molecule has 20 heavy (non-hydrogen) atoms. The highest BCUT2D eigenvalue weighted by Crippen LogP contribution is 2.24. The third kappa shape index (κ3) is 4.11. The van der Waals surface area contributed by atoms with Gasteiger partial charge in [-0.05, 0) is 56.1 Å². The second kappa shape index (κ2) is 8.50. The largest absolute Gasteiger partial charge is 0.497 e. The second-order valence-electron chi connectivity index (χ2n) is 5.31. The van der Waals surface area contributed by atoms with Crippen molar-refractivity contribution in [1.82, 2.24) is 10.2 Å². The van der Waals surface area contributed by atoms with Gasteiger partial charge in [-0.2, -0.15) is 0 Å². The van der Waals surface area contributed by atoms with Gasteiger partial charge in [0, 0.05) is 19.1 Å². The van der Waals surface area contributed by atoms with Crippen molar-refractivity contribution in [1.29, 1.82) is 0 Å². The maximum absolute atomic E-state index is 5.32. The van der Waals surface area contributed by atoms with Gasteiger partial charge in [0.2, 0.25) is 0 Å². The predicted octanol–water partition coefficient (Wildman–Crippen LogP) is 2.86. The summed E-state index contributed by atoms with van der Waals surface area (Å²) in [6, 6.07) is 7.18. The van der Waals surface area contributed by atoms with Crippen molar-refractivity contribution < 1.29 is 4.74 Å². The van der Waals surface area contributed by atoms with Crippen LogP contribution in [0.4, 0.5) is 0 Å². The molecule has 1 heterocycles. The summed E-state index contributed by atoms with van der Waals surface area (Å²) in [6.07, 6.45) is 3.71. The molecule has 0 saturated carbocycles. The fraction of sp³-hybridized carbons (Fsp3) is 0.625. The van der Waals surface area contributed by atoms with Crippen LogP contribution in [0, 0.1) is 0 Å². The van der Waals surface area contributed by atoms with Crippen molar-refractivity contribution in [2.45, 2.75) is 38.8 Å². The molecule has 4 heteroatoms. The fourth-order valence-corrected chi connectivity index (χ4v) is 3.00. The van der Waals surface area contributed by atoms with Gasteiger partial charge in [0.05, 0.1) is 7.11 Å². The van der Waals surface area contributed by atoms with Crippen LogP contribution >= 0.6 is 12.4 Å². The third-order valence-electron chi connectivity index (χ3n) is 4.11. The Morgan fingerprint density at radius 2 is 2.15 bits per heavy atom. The lowest BCUT2D eigenvalue weighted by atomic mass is 10.0. The van der Waals surface area contributed by atoms with E-state index in [0.717, 1.165) is 25.3 Å². The molecule has 1 aliphatic heterocycles. The number of hydrogen-bond acceptors (Lipinski definition) is 3. The molecule has 0 aliphatic carbocycles. The molecular formula is C16H27ClN2O. The maximum atomic E-state index is 5.32. The summed E-state index contributed by atoms with van der Waals surface area (Å²) in [5.74, 6) is 0.966. The Labute approximate surface area is 129 Å². The van der Waals surface area contributed by atoms with Crippen molar-refractivity contribution in [2.75, 3.05) is 27.2 Å². The lowest BCUT2D eigenvalue weighted by Crippen LogP contribution is -2.36. The number of rotatable bonds is 6. The molecule has 1 saturated heterocycles. The van der Waals surface area contributed by atoms with Gasteiger partial charge in [-0.25, -0.2) is 0 Å². The minimum absolute atomic E-state index is 0. The summed E-state index contributed by atoms with van der Waals surface area (Å²) in [5, 5.41) is 3.31. The SMILES string of the molecule is CCc1cc(OC)ccc1CN1CCCC1CNC.Cl. The van der Waals surface area contributed by atoms with Crippen molar-refractivity contribution >= 4 is 12.4 Å². The number of nitrogens with one attached hydrogen (secondary N) is 1. The van der Waals surface area contributed by atoms with E-state index < -0.39 is 0 Å². The highest BCUT2D eigenvalue weighted by Gasteiger charge is 2.24. The summed E-state index contributed by atoms with van der Waals surface area (Å²) in [5.41, 5.74) is 2.86. The fourth-order valence-electron chi connectivity index (χ4n) is 3.00. The number of methoxy groups -OCH3 is 1. The summed E-state index contributed by atoms with van der Waals surface area (Å²) >= 11 is 0. The van der Waals surface area contributed by atoms with E-state index in [1.54, 1.807) is 7.11 Å². The smallest absolute Gasteiger partial charge is 0.119 e. The molecule has 1 aromatic rings. The van der Waals surface area contributed by atoms with E-state index in [1.807, 2.05) is 7.05 Å². The molecule has 2 rings (SSSR count). The lowest BCUT2D eigenvalue weighted by Gasteiger charge is -2.25. The molecular weight excluding hydrogens is 272 g/mol. The molecule has 0 amide bonds. The van der Waals surface area contributed by atoms with Gasteiger partial charge in [-0.15, -0.1) is 12.4 Å². The Morgan fingerprint density at radius 1 is 1.35 bits per heavy atom. The molecule has 0 bridgehead atoms. The Hall–Kier alpha value is -0.770. The minimum Gasteiger partial charge on any atom is -0.497 e. The monoisotopic (exact) mass is 298 g/mol. The van der Waals surface area contributed by atoms with Crippen LogP contribution in [0.5, 0.6) is 5.75 Å². The third-order valence-corrected chi connectivity index (χ3v) is 4.11. The van der Waals surface area contributed by atoms with Gasteiger partial charge < -0.3 is 10.1 Å². The number of likely N-dealkylation sites (tertiary alicyclic amines) is 1. The van der Waals surface area contributed by atoms with Crippen molar-refractivity contribution in [3.05, 3.63) is 29.3 Å². The Morgan fingerprint density at radius 3 is 2.80 bits per heavy atom. The van der Waals surface area contributed by atoms with E-state index in [4.69, 9.17) is 4.74 Å². The zero-order valence-corrected chi connectivity index (χ0v) is 13.6. The second-order valence-corrected chi connectivity index (χ2v) is 5.31. The zero-order valence-electron chi connectivity index (χ0n) is 12.8. The van der Waals surface area contributed by atoms with Crippen LogP contribution in [-0.2, 0) is 13.0 Å². The van der Waals surface area contributed by atoms with Gasteiger partial charge in [0.25, 0.3) is 0 Å². The van der Waals surface area contributed by atoms with Crippen molar-refractivity contribution in [2.24, 2.45) is 0 Å². The first-order chi connectivity index (χ1) is 9.28. The molecule has 114 valence electrons. The van der Waals surface area contributed by atoms with Gasteiger partial charge in [-0.1, -0.05) is 13.0 Å². The summed E-state index contributed by atoms with van der Waals surface area (Å²) in [7, 11) is 3.78. The molecule has 1 N–H and O–H groups in total. The van der Waals surface area contributed by atoms with Gasteiger partial charge in [0.1, 0.15) is 5.75 Å². The molecule has 3 nitrogen and oxygen atoms in total. The van der Waals surface area contributed by atoms with E-state index in [0.29, 0.717) is 6.04 Å². The van der Waals surface area contributed by atoms with Crippen LogP contribution in [-0.4, -0.2) is 38.2 Å². The van der Waals surface area contributed by atoms with Gasteiger partial charge in [-0.3, -0.25) is 4.90 Å². The Kier molecular flexibility index (Phi) is 7.35. The van der Waals surface area contributed by atoms with Crippen molar-refractivity contribution in [3.8, 4) is 5.75 Å². The average Bonchev–Trinajstić information content (AvgIpc) is 2.87. The zero-order chi connectivity index (χ0) is 13.7. The number of nitrogens with zero attached hydrogens (tertiary/aromatic N) is 1. The normalized spacial score (nSPS) is 18.9. The standard InChI is InChI=1S/C16H26N2O.ClH/c1-4-13-10-16(19-3)8-7-14(13)12-18-9-5-6-15(18)11-17-2;/h7-8,10,15,17H,4-6,9,11-12H2,1-3H3;1H. The molecule has 0 spiro atoms. The molecule has 1 aliphatic rings. The Bertz CT molecular complexity index is 411. The Balaban J connectivity index is 0.00000200. The first-order valence-electron chi connectivity index (χ1n) is 7.33. The highest BCUT2D eigenvalue weighted by atomic mass is 35.5. The lowest BCUT2D eigenvalue weighted by molar-refractivity contribution is 0.241. The van der Waals surface area contributed by atoms with Crippen LogP contribution in [0.2, 0.25) is 0 Å². The quantitative estimate of drug-likeness (QED) is 0.874. The number of hydrogen-bond donors (Lipinski definition) is 1. The molecule has 0 aromatic heterocycles. The van der Waals surface area contributed by atoms with Crippen LogP contribution < -0.4 is 10.1 Å². The van der Waals surface area contributed by atoms with Crippen LogP contribution in [0.3, 0.4) is 0 Å². The number of aryl methyl sites for hydroxylation is 1. The first-order valence-corrected chi connectivity index (χ1v) is 7.33. The molecule has 0 radical (unpaired) electrons.